The van der Waals surface area contributed by atoms with Crippen LogP contribution in [0.25, 0.3) is 0 Å². The molecule has 24 heavy (non-hydrogen) atoms. The Labute approximate surface area is 143 Å². The van der Waals surface area contributed by atoms with Gasteiger partial charge in [0.25, 0.3) is 5.91 Å². The molecule has 0 aliphatic carbocycles. The minimum absolute atomic E-state index is 0.101. The van der Waals surface area contributed by atoms with Gasteiger partial charge in [0.2, 0.25) is 0 Å². The summed E-state index contributed by atoms with van der Waals surface area (Å²) in [6.07, 6.45) is 0. The van der Waals surface area contributed by atoms with E-state index in [1.54, 1.807) is 12.0 Å². The molecular formula is C20H25N2O2+. The first-order valence-electron chi connectivity index (χ1n) is 8.49. The first-order valence-corrected chi connectivity index (χ1v) is 8.49. The molecule has 4 heteroatoms. The van der Waals surface area contributed by atoms with Gasteiger partial charge in [0.1, 0.15) is 12.3 Å². The Kier molecular flexibility index (Phi) is 5.16. The van der Waals surface area contributed by atoms with Gasteiger partial charge >= 0.3 is 0 Å². The number of amides is 1. The van der Waals surface area contributed by atoms with Crippen molar-refractivity contribution >= 4 is 5.91 Å². The zero-order valence-electron chi connectivity index (χ0n) is 14.4. The molecule has 1 aliphatic rings. The predicted octanol–water partition coefficient (Wildman–Crippen LogP) is 1.54. The van der Waals surface area contributed by atoms with Crippen LogP contribution in [-0.4, -0.2) is 44.1 Å². The maximum Gasteiger partial charge on any atom is 0.254 e. The van der Waals surface area contributed by atoms with E-state index in [1.165, 1.54) is 11.1 Å². The van der Waals surface area contributed by atoms with Gasteiger partial charge in [0.05, 0.1) is 33.3 Å². The largest absolute Gasteiger partial charge is 0.497 e. The number of quaternary nitrogens is 1. The number of methoxy groups -OCH3 is 1. The van der Waals surface area contributed by atoms with E-state index in [-0.39, 0.29) is 5.91 Å². The van der Waals surface area contributed by atoms with Gasteiger partial charge < -0.3 is 14.5 Å². The van der Waals surface area contributed by atoms with Crippen molar-refractivity contribution in [3.63, 3.8) is 0 Å². The number of nitrogens with one attached hydrogen (secondary N) is 1. The highest BCUT2D eigenvalue weighted by molar-refractivity contribution is 5.94. The van der Waals surface area contributed by atoms with Crippen LogP contribution in [0, 0.1) is 6.92 Å². The summed E-state index contributed by atoms with van der Waals surface area (Å²) < 4.78 is 5.21. The fraction of sp³-hybridized carbons (Fsp3) is 0.350. The third-order valence-corrected chi connectivity index (χ3v) is 4.78. The Morgan fingerprint density at radius 3 is 2.58 bits per heavy atom. The number of nitrogens with zero attached hydrogens (tertiary/aromatic N) is 1. The molecule has 4 nitrogen and oxygen atoms in total. The lowest BCUT2D eigenvalue weighted by Gasteiger charge is -2.32. The van der Waals surface area contributed by atoms with E-state index in [0.29, 0.717) is 5.56 Å². The van der Waals surface area contributed by atoms with E-state index in [0.717, 1.165) is 38.5 Å². The van der Waals surface area contributed by atoms with Crippen LogP contribution >= 0.6 is 0 Å². The molecule has 0 spiro atoms. The molecule has 0 unspecified atom stereocenters. The molecule has 1 N–H and O–H groups in total. The summed E-state index contributed by atoms with van der Waals surface area (Å²) in [6.45, 7) is 6.79. The molecule has 0 atom stereocenters. The van der Waals surface area contributed by atoms with Crippen LogP contribution in [0.4, 0.5) is 0 Å². The molecule has 0 radical (unpaired) electrons. The number of carbonyl (C=O) groups excluding carboxylic acids is 1. The Morgan fingerprint density at radius 1 is 1.12 bits per heavy atom. The van der Waals surface area contributed by atoms with Crippen LogP contribution in [0.1, 0.15) is 21.5 Å². The summed E-state index contributed by atoms with van der Waals surface area (Å²) >= 11 is 0. The number of piperazine rings is 1. The molecule has 0 aromatic heterocycles. The average molecular weight is 325 g/mol. The van der Waals surface area contributed by atoms with Crippen molar-refractivity contribution in [3.05, 3.63) is 65.2 Å². The molecule has 126 valence electrons. The highest BCUT2D eigenvalue weighted by Gasteiger charge is 2.25. The van der Waals surface area contributed by atoms with Gasteiger partial charge in [-0.25, -0.2) is 0 Å². The molecule has 1 heterocycles. The van der Waals surface area contributed by atoms with Gasteiger partial charge in [-0.15, -0.1) is 0 Å². The summed E-state index contributed by atoms with van der Waals surface area (Å²) in [4.78, 5) is 16.1. The molecular weight excluding hydrogens is 300 g/mol. The zero-order chi connectivity index (χ0) is 16.9. The lowest BCUT2D eigenvalue weighted by Crippen LogP contribution is -3.13. The highest BCUT2D eigenvalue weighted by atomic mass is 16.5. The van der Waals surface area contributed by atoms with Crippen LogP contribution in [0.5, 0.6) is 5.75 Å². The molecule has 2 aromatic rings. The van der Waals surface area contributed by atoms with Crippen LogP contribution in [-0.2, 0) is 6.54 Å². The van der Waals surface area contributed by atoms with Crippen molar-refractivity contribution < 1.29 is 14.4 Å². The standard InChI is InChI=1S/C20H24N2O2/c1-16-6-3-4-7-18(16)15-21-10-12-22(13-11-21)20(23)17-8-5-9-19(14-17)24-2/h3-9,14H,10-13,15H2,1-2H3/p+1. The number of ether oxygens (including phenoxy) is 1. The van der Waals surface area contributed by atoms with Gasteiger partial charge in [-0.2, -0.15) is 0 Å². The van der Waals surface area contributed by atoms with Gasteiger partial charge in [-0.1, -0.05) is 30.3 Å². The van der Waals surface area contributed by atoms with Crippen molar-refractivity contribution in [1.29, 1.82) is 0 Å². The predicted molar refractivity (Wildman–Crippen MR) is 94.5 cm³/mol. The normalized spacial score (nSPS) is 15.3. The monoisotopic (exact) mass is 325 g/mol. The van der Waals surface area contributed by atoms with Crippen LogP contribution in [0.15, 0.2) is 48.5 Å². The van der Waals surface area contributed by atoms with E-state index in [9.17, 15) is 4.79 Å². The second kappa shape index (κ2) is 7.49. The lowest BCUT2D eigenvalue weighted by atomic mass is 10.1. The molecule has 1 fully saturated rings. The number of hydrogen-bond acceptors (Lipinski definition) is 2. The maximum atomic E-state index is 12.6. The Hall–Kier alpha value is -2.33. The molecule has 1 aliphatic heterocycles. The second-order valence-electron chi connectivity index (χ2n) is 6.38. The van der Waals surface area contributed by atoms with Crippen LogP contribution in [0.3, 0.4) is 0 Å². The third-order valence-electron chi connectivity index (χ3n) is 4.78. The first-order chi connectivity index (χ1) is 11.7. The minimum atomic E-state index is 0.101. The average Bonchev–Trinajstić information content (AvgIpc) is 2.64. The Morgan fingerprint density at radius 2 is 1.88 bits per heavy atom. The molecule has 1 amide bonds. The summed E-state index contributed by atoms with van der Waals surface area (Å²) in [6, 6.07) is 16.0. The highest BCUT2D eigenvalue weighted by Crippen LogP contribution is 2.14. The zero-order valence-corrected chi connectivity index (χ0v) is 14.4. The molecule has 0 bridgehead atoms. The summed E-state index contributed by atoms with van der Waals surface area (Å²) in [5.41, 5.74) is 3.46. The smallest absolute Gasteiger partial charge is 0.254 e. The topological polar surface area (TPSA) is 34.0 Å². The summed E-state index contributed by atoms with van der Waals surface area (Å²) in [7, 11) is 1.62. The second-order valence-corrected chi connectivity index (χ2v) is 6.38. The van der Waals surface area contributed by atoms with Crippen molar-refractivity contribution in [2.75, 3.05) is 33.3 Å². The Bertz CT molecular complexity index is 706. The quantitative estimate of drug-likeness (QED) is 0.925. The lowest BCUT2D eigenvalue weighted by molar-refractivity contribution is -0.917. The van der Waals surface area contributed by atoms with E-state index < -0.39 is 0 Å². The number of hydrogen-bond donors (Lipinski definition) is 1. The summed E-state index contributed by atoms with van der Waals surface area (Å²) in [5.74, 6) is 0.827. The van der Waals surface area contributed by atoms with Crippen LogP contribution in [0.2, 0.25) is 0 Å². The van der Waals surface area contributed by atoms with Crippen molar-refractivity contribution in [1.82, 2.24) is 4.90 Å². The van der Waals surface area contributed by atoms with Crippen molar-refractivity contribution in [2.45, 2.75) is 13.5 Å². The SMILES string of the molecule is COc1cccc(C(=O)N2CC[NH+](Cc3ccccc3C)CC2)c1. The fourth-order valence-electron chi connectivity index (χ4n) is 3.22. The van der Waals surface area contributed by atoms with Gasteiger partial charge in [0.15, 0.2) is 0 Å². The number of carbonyl (C=O) groups is 1. The molecule has 0 saturated carbocycles. The van der Waals surface area contributed by atoms with Gasteiger partial charge in [0, 0.05) is 11.1 Å². The van der Waals surface area contributed by atoms with E-state index in [4.69, 9.17) is 4.74 Å². The van der Waals surface area contributed by atoms with Gasteiger partial charge in [-0.05, 0) is 30.7 Å². The van der Waals surface area contributed by atoms with E-state index >= 15 is 0 Å². The molecule has 3 rings (SSSR count). The van der Waals surface area contributed by atoms with E-state index in [2.05, 4.69) is 31.2 Å². The molecule has 1 saturated heterocycles. The molecule has 2 aromatic carbocycles. The first kappa shape index (κ1) is 16.5. The van der Waals surface area contributed by atoms with Gasteiger partial charge in [-0.3, -0.25) is 4.79 Å². The van der Waals surface area contributed by atoms with E-state index in [1.807, 2.05) is 29.2 Å². The maximum absolute atomic E-state index is 12.6. The number of rotatable bonds is 4. The summed E-state index contributed by atoms with van der Waals surface area (Å²) in [5, 5.41) is 0. The van der Waals surface area contributed by atoms with Crippen LogP contribution < -0.4 is 9.64 Å². The van der Waals surface area contributed by atoms with Crippen molar-refractivity contribution in [2.24, 2.45) is 0 Å². The fourth-order valence-corrected chi connectivity index (χ4v) is 3.22. The Balaban J connectivity index is 1.58. The number of benzene rings is 2. The minimum Gasteiger partial charge on any atom is -0.497 e. The number of aryl methyl sites for hydroxylation is 1. The third kappa shape index (κ3) is 3.77. The van der Waals surface area contributed by atoms with Crippen molar-refractivity contribution in [3.8, 4) is 5.75 Å².